The molecule has 1 atom stereocenters. The molecule has 0 aromatic heterocycles. The van der Waals surface area contributed by atoms with Gasteiger partial charge in [-0.05, 0) is 19.3 Å². The van der Waals surface area contributed by atoms with Gasteiger partial charge in [0.2, 0.25) is 5.41 Å². The lowest BCUT2D eigenvalue weighted by Gasteiger charge is -2.27. The molecule has 1 N–H and O–H groups in total. The monoisotopic (exact) mass is 223 g/mol. The SMILES string of the molecule is CCC(C#N)(C(=O)O)C(=O)C1CCCCC1. The smallest absolute Gasteiger partial charge is 0.331 e. The molecular weight excluding hydrogens is 206 g/mol. The average Bonchev–Trinajstić information content (AvgIpc) is 2.32. The van der Waals surface area contributed by atoms with E-state index in [0.29, 0.717) is 0 Å². The Kier molecular flexibility index (Phi) is 4.05. The third-order valence-corrected chi connectivity index (χ3v) is 3.48. The summed E-state index contributed by atoms with van der Waals surface area (Å²) in [6.45, 7) is 1.58. The Hall–Kier alpha value is -1.37. The second-order valence-electron chi connectivity index (χ2n) is 4.38. The van der Waals surface area contributed by atoms with Crippen LogP contribution in [0.5, 0.6) is 0 Å². The standard InChI is InChI=1S/C12H17NO3/c1-2-12(8-13,11(15)16)10(14)9-6-4-3-5-7-9/h9H,2-7H2,1H3,(H,15,16). The van der Waals surface area contributed by atoms with Gasteiger partial charge in [0.15, 0.2) is 5.78 Å². The molecule has 1 unspecified atom stereocenters. The zero-order chi connectivity index (χ0) is 12.2. The molecular formula is C12H17NO3. The second kappa shape index (κ2) is 5.11. The maximum absolute atomic E-state index is 12.1. The maximum Gasteiger partial charge on any atom is 0.331 e. The van der Waals surface area contributed by atoms with E-state index in [1.807, 2.05) is 0 Å². The number of hydrogen-bond donors (Lipinski definition) is 1. The quantitative estimate of drug-likeness (QED) is 0.740. The largest absolute Gasteiger partial charge is 0.480 e. The van der Waals surface area contributed by atoms with Gasteiger partial charge < -0.3 is 5.11 Å². The summed E-state index contributed by atoms with van der Waals surface area (Å²) in [5, 5.41) is 18.1. The van der Waals surface area contributed by atoms with Crippen molar-refractivity contribution in [3.05, 3.63) is 0 Å². The summed E-state index contributed by atoms with van der Waals surface area (Å²) in [5.74, 6) is -1.91. The number of carboxylic acids is 1. The van der Waals surface area contributed by atoms with Gasteiger partial charge in [-0.3, -0.25) is 9.59 Å². The van der Waals surface area contributed by atoms with Crippen molar-refractivity contribution >= 4 is 11.8 Å². The fourth-order valence-electron chi connectivity index (χ4n) is 2.33. The van der Waals surface area contributed by atoms with E-state index >= 15 is 0 Å². The first-order valence-corrected chi connectivity index (χ1v) is 5.77. The summed E-state index contributed by atoms with van der Waals surface area (Å²) in [7, 11) is 0. The number of ketones is 1. The molecule has 1 saturated carbocycles. The molecule has 16 heavy (non-hydrogen) atoms. The van der Waals surface area contributed by atoms with Crippen LogP contribution in [0, 0.1) is 22.7 Å². The Morgan fingerprint density at radius 1 is 1.38 bits per heavy atom. The number of rotatable bonds is 4. The molecule has 1 rings (SSSR count). The van der Waals surface area contributed by atoms with Crippen LogP contribution in [0.1, 0.15) is 45.4 Å². The molecule has 0 aromatic carbocycles. The molecule has 0 radical (unpaired) electrons. The van der Waals surface area contributed by atoms with E-state index in [-0.39, 0.29) is 18.1 Å². The van der Waals surface area contributed by atoms with Crippen molar-refractivity contribution in [2.75, 3.05) is 0 Å². The number of nitriles is 1. The third kappa shape index (κ3) is 2.08. The first-order valence-electron chi connectivity index (χ1n) is 5.77. The Morgan fingerprint density at radius 2 is 1.94 bits per heavy atom. The highest BCUT2D eigenvalue weighted by molar-refractivity contribution is 6.07. The van der Waals surface area contributed by atoms with Crippen molar-refractivity contribution in [3.8, 4) is 6.07 Å². The van der Waals surface area contributed by atoms with E-state index in [1.165, 1.54) is 0 Å². The van der Waals surface area contributed by atoms with Gasteiger partial charge in [-0.2, -0.15) is 5.26 Å². The zero-order valence-corrected chi connectivity index (χ0v) is 9.53. The highest BCUT2D eigenvalue weighted by Crippen LogP contribution is 2.33. The number of nitrogens with zero attached hydrogens (tertiary/aromatic N) is 1. The van der Waals surface area contributed by atoms with E-state index in [0.717, 1.165) is 32.1 Å². The van der Waals surface area contributed by atoms with Crippen LogP contribution in [-0.2, 0) is 9.59 Å². The van der Waals surface area contributed by atoms with Gasteiger partial charge in [-0.15, -0.1) is 0 Å². The molecule has 0 aliphatic heterocycles. The Labute approximate surface area is 95.3 Å². The summed E-state index contributed by atoms with van der Waals surface area (Å²) < 4.78 is 0. The van der Waals surface area contributed by atoms with Gasteiger partial charge in [0.25, 0.3) is 0 Å². The zero-order valence-electron chi connectivity index (χ0n) is 9.53. The molecule has 1 aliphatic carbocycles. The van der Waals surface area contributed by atoms with E-state index in [1.54, 1.807) is 13.0 Å². The van der Waals surface area contributed by atoms with Gasteiger partial charge in [0, 0.05) is 5.92 Å². The van der Waals surface area contributed by atoms with E-state index < -0.39 is 11.4 Å². The maximum atomic E-state index is 12.1. The predicted molar refractivity (Wildman–Crippen MR) is 57.6 cm³/mol. The molecule has 0 bridgehead atoms. The number of hydrogen-bond acceptors (Lipinski definition) is 3. The fourth-order valence-corrected chi connectivity index (χ4v) is 2.33. The summed E-state index contributed by atoms with van der Waals surface area (Å²) >= 11 is 0. The van der Waals surface area contributed by atoms with Crippen LogP contribution >= 0.6 is 0 Å². The van der Waals surface area contributed by atoms with Gasteiger partial charge in [-0.1, -0.05) is 26.2 Å². The molecule has 4 nitrogen and oxygen atoms in total. The molecule has 1 aliphatic rings. The molecule has 4 heteroatoms. The molecule has 0 aromatic rings. The lowest BCUT2D eigenvalue weighted by molar-refractivity contribution is -0.153. The molecule has 0 amide bonds. The number of carbonyl (C=O) groups excluding carboxylic acids is 1. The Morgan fingerprint density at radius 3 is 2.31 bits per heavy atom. The fraction of sp³-hybridized carbons (Fsp3) is 0.750. The van der Waals surface area contributed by atoms with Crippen molar-refractivity contribution in [2.24, 2.45) is 11.3 Å². The number of aliphatic carboxylic acids is 1. The topological polar surface area (TPSA) is 78.2 Å². The highest BCUT2D eigenvalue weighted by Gasteiger charge is 2.47. The lowest BCUT2D eigenvalue weighted by Crippen LogP contribution is -2.41. The number of carbonyl (C=O) groups is 2. The third-order valence-electron chi connectivity index (χ3n) is 3.48. The van der Waals surface area contributed by atoms with Crippen LogP contribution in [-0.4, -0.2) is 16.9 Å². The van der Waals surface area contributed by atoms with E-state index in [4.69, 9.17) is 10.4 Å². The van der Waals surface area contributed by atoms with E-state index in [9.17, 15) is 9.59 Å². The normalized spacial score (nSPS) is 20.8. The minimum atomic E-state index is -1.82. The van der Waals surface area contributed by atoms with Gasteiger partial charge >= 0.3 is 5.97 Å². The van der Waals surface area contributed by atoms with Crippen molar-refractivity contribution in [2.45, 2.75) is 45.4 Å². The minimum absolute atomic E-state index is 0.0498. The molecule has 0 saturated heterocycles. The van der Waals surface area contributed by atoms with Crippen LogP contribution in [0.3, 0.4) is 0 Å². The predicted octanol–water partition coefficient (Wildman–Crippen LogP) is 2.14. The average molecular weight is 223 g/mol. The molecule has 0 spiro atoms. The minimum Gasteiger partial charge on any atom is -0.480 e. The number of Topliss-reactive ketones (excluding diaryl/α,β-unsaturated/α-hetero) is 1. The van der Waals surface area contributed by atoms with Crippen LogP contribution in [0.4, 0.5) is 0 Å². The van der Waals surface area contributed by atoms with Gasteiger partial charge in [0.1, 0.15) is 0 Å². The van der Waals surface area contributed by atoms with Crippen molar-refractivity contribution in [1.82, 2.24) is 0 Å². The first-order chi connectivity index (χ1) is 7.58. The first kappa shape index (κ1) is 12.7. The van der Waals surface area contributed by atoms with Crippen LogP contribution < -0.4 is 0 Å². The van der Waals surface area contributed by atoms with Gasteiger partial charge in [0.05, 0.1) is 6.07 Å². The number of carboxylic acid groups (broad SMARTS) is 1. The lowest BCUT2D eigenvalue weighted by atomic mass is 9.72. The van der Waals surface area contributed by atoms with Crippen molar-refractivity contribution in [1.29, 1.82) is 5.26 Å². The molecule has 1 fully saturated rings. The Bertz CT molecular complexity index is 326. The van der Waals surface area contributed by atoms with Crippen molar-refractivity contribution < 1.29 is 14.7 Å². The Balaban J connectivity index is 2.91. The van der Waals surface area contributed by atoms with Crippen LogP contribution in [0.25, 0.3) is 0 Å². The summed E-state index contributed by atoms with van der Waals surface area (Å²) in [4.78, 5) is 23.2. The van der Waals surface area contributed by atoms with Gasteiger partial charge in [-0.25, -0.2) is 0 Å². The van der Waals surface area contributed by atoms with Crippen LogP contribution in [0.2, 0.25) is 0 Å². The van der Waals surface area contributed by atoms with E-state index in [2.05, 4.69) is 0 Å². The van der Waals surface area contributed by atoms with Crippen LogP contribution in [0.15, 0.2) is 0 Å². The second-order valence-corrected chi connectivity index (χ2v) is 4.38. The summed E-state index contributed by atoms with van der Waals surface area (Å²) in [6, 6.07) is 1.71. The molecule has 88 valence electrons. The molecule has 0 heterocycles. The highest BCUT2D eigenvalue weighted by atomic mass is 16.4. The summed E-state index contributed by atoms with van der Waals surface area (Å²) in [6.07, 6.45) is 4.53. The van der Waals surface area contributed by atoms with Crippen molar-refractivity contribution in [3.63, 3.8) is 0 Å². The summed E-state index contributed by atoms with van der Waals surface area (Å²) in [5.41, 5.74) is -1.82.